The summed E-state index contributed by atoms with van der Waals surface area (Å²) < 4.78 is 10.4. The predicted molar refractivity (Wildman–Crippen MR) is 112 cm³/mol. The second-order valence-corrected chi connectivity index (χ2v) is 7.56. The summed E-state index contributed by atoms with van der Waals surface area (Å²) in [5, 5.41) is 0. The third-order valence-corrected chi connectivity index (χ3v) is 5.61. The first-order valence-corrected chi connectivity index (χ1v) is 9.93. The van der Waals surface area contributed by atoms with E-state index < -0.39 is 5.97 Å². The molecule has 146 valence electrons. The molecule has 0 saturated carbocycles. The Labute approximate surface area is 173 Å². The number of carbonyl (C=O) groups excluding carboxylic acids is 2. The molecule has 0 radical (unpaired) electrons. The molecule has 6 heteroatoms. The van der Waals surface area contributed by atoms with E-state index in [0.717, 1.165) is 26.7 Å². The molecule has 0 aromatic heterocycles. The van der Waals surface area contributed by atoms with Crippen molar-refractivity contribution in [2.24, 2.45) is 0 Å². The minimum Gasteiger partial charge on any atom is -0.452 e. The second-order valence-electron chi connectivity index (χ2n) is 6.48. The molecule has 4 rings (SSSR count). The Balaban J connectivity index is 1.53. The van der Waals surface area contributed by atoms with Crippen molar-refractivity contribution in [2.75, 3.05) is 18.6 Å². The number of para-hydroxylation sites is 2. The van der Waals surface area contributed by atoms with E-state index in [0.29, 0.717) is 12.2 Å². The van der Waals surface area contributed by atoms with Crippen molar-refractivity contribution in [3.63, 3.8) is 0 Å². The fourth-order valence-electron chi connectivity index (χ4n) is 3.20. The standard InChI is InChI=1S/C23H19NO4S/c1-27-14-16-7-6-8-17(13-16)23(26)28-15-22(25)24-18-9-2-4-11-20(18)29-21-12-5-3-10-19(21)24/h2-13H,14-15H2,1H3. The average Bonchev–Trinajstić information content (AvgIpc) is 2.76. The van der Waals surface area contributed by atoms with E-state index in [1.165, 1.54) is 0 Å². The fourth-order valence-corrected chi connectivity index (χ4v) is 4.26. The van der Waals surface area contributed by atoms with E-state index >= 15 is 0 Å². The Morgan fingerprint density at radius 3 is 2.21 bits per heavy atom. The molecule has 3 aromatic rings. The van der Waals surface area contributed by atoms with E-state index in [-0.39, 0.29) is 12.5 Å². The van der Waals surface area contributed by atoms with Gasteiger partial charge in [-0.15, -0.1) is 0 Å². The van der Waals surface area contributed by atoms with Crippen LogP contribution in [0.4, 0.5) is 11.4 Å². The number of ether oxygens (including phenoxy) is 2. The lowest BCUT2D eigenvalue weighted by atomic mass is 10.1. The Hall–Kier alpha value is -3.09. The Morgan fingerprint density at radius 2 is 1.55 bits per heavy atom. The largest absolute Gasteiger partial charge is 0.452 e. The van der Waals surface area contributed by atoms with Gasteiger partial charge < -0.3 is 9.47 Å². The second kappa shape index (κ2) is 8.51. The lowest BCUT2D eigenvalue weighted by molar-refractivity contribution is -0.121. The summed E-state index contributed by atoms with van der Waals surface area (Å²) in [6.45, 7) is 0.0553. The number of hydrogen-bond donors (Lipinski definition) is 0. The van der Waals surface area contributed by atoms with E-state index in [1.807, 2.05) is 54.6 Å². The first kappa shape index (κ1) is 19.2. The highest BCUT2D eigenvalue weighted by Gasteiger charge is 2.28. The molecule has 0 bridgehead atoms. The van der Waals surface area contributed by atoms with Gasteiger partial charge in [0.05, 0.1) is 23.5 Å². The van der Waals surface area contributed by atoms with Gasteiger partial charge in [-0.3, -0.25) is 9.69 Å². The SMILES string of the molecule is COCc1cccc(C(=O)OCC(=O)N2c3ccccc3Sc3ccccc32)c1. The van der Waals surface area contributed by atoms with Crippen molar-refractivity contribution in [2.45, 2.75) is 16.4 Å². The lowest BCUT2D eigenvalue weighted by Gasteiger charge is -2.30. The van der Waals surface area contributed by atoms with Gasteiger partial charge in [0.15, 0.2) is 6.61 Å². The highest BCUT2D eigenvalue weighted by molar-refractivity contribution is 7.99. The van der Waals surface area contributed by atoms with Gasteiger partial charge in [0, 0.05) is 16.9 Å². The van der Waals surface area contributed by atoms with Crippen LogP contribution in [0.1, 0.15) is 15.9 Å². The summed E-state index contributed by atoms with van der Waals surface area (Å²) in [4.78, 5) is 29.1. The Kier molecular flexibility index (Phi) is 5.64. The highest BCUT2D eigenvalue weighted by atomic mass is 32.2. The Morgan fingerprint density at radius 1 is 0.897 bits per heavy atom. The minimum absolute atomic E-state index is 0.299. The molecule has 1 amide bonds. The van der Waals surface area contributed by atoms with Gasteiger partial charge in [0.1, 0.15) is 0 Å². The van der Waals surface area contributed by atoms with Gasteiger partial charge in [-0.2, -0.15) is 0 Å². The van der Waals surface area contributed by atoms with Gasteiger partial charge in [-0.25, -0.2) is 4.79 Å². The highest BCUT2D eigenvalue weighted by Crippen LogP contribution is 2.47. The van der Waals surface area contributed by atoms with E-state index in [2.05, 4.69) is 0 Å². The molecule has 0 spiro atoms. The van der Waals surface area contributed by atoms with E-state index in [9.17, 15) is 9.59 Å². The quantitative estimate of drug-likeness (QED) is 0.570. The average molecular weight is 405 g/mol. The number of amides is 1. The van der Waals surface area contributed by atoms with Gasteiger partial charge in [0.25, 0.3) is 5.91 Å². The Bertz CT molecular complexity index is 1020. The van der Waals surface area contributed by atoms with Crippen LogP contribution in [0.2, 0.25) is 0 Å². The molecule has 1 aliphatic rings. The van der Waals surface area contributed by atoms with Crippen LogP contribution >= 0.6 is 11.8 Å². The molecule has 0 N–H and O–H groups in total. The van der Waals surface area contributed by atoms with Crippen molar-refractivity contribution >= 4 is 35.0 Å². The van der Waals surface area contributed by atoms with Crippen molar-refractivity contribution < 1.29 is 19.1 Å². The molecule has 5 nitrogen and oxygen atoms in total. The first-order valence-electron chi connectivity index (χ1n) is 9.11. The molecule has 29 heavy (non-hydrogen) atoms. The van der Waals surface area contributed by atoms with Gasteiger partial charge in [-0.05, 0) is 42.0 Å². The van der Waals surface area contributed by atoms with E-state index in [1.54, 1.807) is 42.0 Å². The number of carbonyl (C=O) groups is 2. The van der Waals surface area contributed by atoms with Crippen molar-refractivity contribution in [1.82, 2.24) is 0 Å². The summed E-state index contributed by atoms with van der Waals surface area (Å²) in [5.74, 6) is -0.837. The van der Waals surface area contributed by atoms with Crippen molar-refractivity contribution in [3.8, 4) is 0 Å². The summed E-state index contributed by atoms with van der Waals surface area (Å²) in [6, 6.07) is 22.4. The normalized spacial score (nSPS) is 12.1. The lowest BCUT2D eigenvalue weighted by Crippen LogP contribution is -2.32. The van der Waals surface area contributed by atoms with Crippen LogP contribution in [-0.4, -0.2) is 25.6 Å². The number of hydrogen-bond acceptors (Lipinski definition) is 5. The van der Waals surface area contributed by atoms with Gasteiger partial charge in [-0.1, -0.05) is 48.2 Å². The third kappa shape index (κ3) is 4.04. The summed E-state index contributed by atoms with van der Waals surface area (Å²) in [6.07, 6.45) is 0. The number of benzene rings is 3. The predicted octanol–water partition coefficient (Wildman–Crippen LogP) is 4.82. The number of anilines is 2. The molecule has 1 aliphatic heterocycles. The zero-order valence-electron chi connectivity index (χ0n) is 15.8. The molecule has 0 fully saturated rings. The smallest absolute Gasteiger partial charge is 0.338 e. The third-order valence-electron chi connectivity index (χ3n) is 4.48. The molecular formula is C23H19NO4S. The first-order chi connectivity index (χ1) is 14.2. The zero-order valence-corrected chi connectivity index (χ0v) is 16.6. The maximum absolute atomic E-state index is 13.0. The van der Waals surface area contributed by atoms with Crippen LogP contribution in [0.3, 0.4) is 0 Å². The monoisotopic (exact) mass is 405 g/mol. The molecule has 0 unspecified atom stereocenters. The number of methoxy groups -OCH3 is 1. The van der Waals surface area contributed by atoms with Crippen LogP contribution in [0, 0.1) is 0 Å². The fraction of sp³-hybridized carbons (Fsp3) is 0.130. The van der Waals surface area contributed by atoms with Crippen LogP contribution < -0.4 is 4.90 Å². The number of rotatable bonds is 5. The van der Waals surface area contributed by atoms with E-state index in [4.69, 9.17) is 9.47 Å². The van der Waals surface area contributed by atoms with Crippen LogP contribution in [0.5, 0.6) is 0 Å². The number of esters is 1. The molecular weight excluding hydrogens is 386 g/mol. The maximum Gasteiger partial charge on any atom is 0.338 e. The maximum atomic E-state index is 13.0. The summed E-state index contributed by atoms with van der Waals surface area (Å²) >= 11 is 1.62. The number of nitrogens with zero attached hydrogens (tertiary/aromatic N) is 1. The van der Waals surface area contributed by atoms with Crippen molar-refractivity contribution in [3.05, 3.63) is 83.9 Å². The molecule has 0 saturated heterocycles. The summed E-state index contributed by atoms with van der Waals surface area (Å²) in [5.41, 5.74) is 2.84. The van der Waals surface area contributed by atoms with Crippen LogP contribution in [0.15, 0.2) is 82.6 Å². The summed E-state index contributed by atoms with van der Waals surface area (Å²) in [7, 11) is 1.59. The van der Waals surface area contributed by atoms with Gasteiger partial charge in [0.2, 0.25) is 0 Å². The zero-order chi connectivity index (χ0) is 20.2. The molecule has 3 aromatic carbocycles. The van der Waals surface area contributed by atoms with Crippen LogP contribution in [-0.2, 0) is 20.9 Å². The minimum atomic E-state index is -0.538. The van der Waals surface area contributed by atoms with Crippen molar-refractivity contribution in [1.29, 1.82) is 0 Å². The van der Waals surface area contributed by atoms with Gasteiger partial charge >= 0.3 is 5.97 Å². The molecule has 1 heterocycles. The molecule has 0 atom stereocenters. The van der Waals surface area contributed by atoms with Crippen LogP contribution in [0.25, 0.3) is 0 Å². The molecule has 0 aliphatic carbocycles. The number of fused-ring (bicyclic) bond motifs is 2. The topological polar surface area (TPSA) is 55.8 Å².